The van der Waals surface area contributed by atoms with Crippen molar-refractivity contribution in [3.05, 3.63) is 23.8 Å². The lowest BCUT2D eigenvalue weighted by molar-refractivity contribution is 0.0678. The molecule has 1 aliphatic heterocycles. The van der Waals surface area contributed by atoms with Gasteiger partial charge in [0.1, 0.15) is 0 Å². The Bertz CT molecular complexity index is 552. The SMILES string of the molecule is CCc1ccc(S(=O)(=O)NCC2CCOCC2)cc1N. The van der Waals surface area contributed by atoms with Gasteiger partial charge in [-0.15, -0.1) is 0 Å². The molecule has 6 heteroatoms. The Labute approximate surface area is 120 Å². The molecule has 0 aliphatic carbocycles. The summed E-state index contributed by atoms with van der Waals surface area (Å²) in [5.74, 6) is 0.353. The quantitative estimate of drug-likeness (QED) is 0.808. The highest BCUT2D eigenvalue weighted by atomic mass is 32.2. The molecule has 20 heavy (non-hydrogen) atoms. The number of hydrogen-bond acceptors (Lipinski definition) is 4. The lowest BCUT2D eigenvalue weighted by atomic mass is 10.0. The molecule has 1 fully saturated rings. The molecule has 0 spiro atoms. The number of nitrogen functional groups attached to an aromatic ring is 1. The van der Waals surface area contributed by atoms with Crippen LogP contribution in [0.15, 0.2) is 23.1 Å². The lowest BCUT2D eigenvalue weighted by Crippen LogP contribution is -2.32. The molecule has 1 saturated heterocycles. The first-order valence-electron chi connectivity index (χ1n) is 6.98. The van der Waals surface area contributed by atoms with E-state index in [1.807, 2.05) is 6.92 Å². The van der Waals surface area contributed by atoms with Gasteiger partial charge in [-0.2, -0.15) is 0 Å². The third-order valence-corrected chi connectivity index (χ3v) is 5.13. The summed E-state index contributed by atoms with van der Waals surface area (Å²) in [6.45, 7) is 3.87. The number of aryl methyl sites for hydroxylation is 1. The molecule has 0 unspecified atom stereocenters. The molecule has 0 atom stereocenters. The highest BCUT2D eigenvalue weighted by Crippen LogP contribution is 2.19. The minimum Gasteiger partial charge on any atom is -0.398 e. The van der Waals surface area contributed by atoms with Crippen LogP contribution in [0.2, 0.25) is 0 Å². The van der Waals surface area contributed by atoms with Crippen molar-refractivity contribution in [1.29, 1.82) is 0 Å². The predicted octanol–water partition coefficient (Wildman–Crippen LogP) is 1.54. The number of nitrogens with two attached hydrogens (primary N) is 1. The van der Waals surface area contributed by atoms with Gasteiger partial charge in [0.05, 0.1) is 4.90 Å². The molecule has 5 nitrogen and oxygen atoms in total. The molecule has 0 saturated carbocycles. The second-order valence-corrected chi connectivity index (χ2v) is 6.89. The number of benzene rings is 1. The van der Waals surface area contributed by atoms with Crippen LogP contribution in [0.25, 0.3) is 0 Å². The minimum absolute atomic E-state index is 0.235. The number of rotatable bonds is 5. The number of hydrogen-bond donors (Lipinski definition) is 2. The van der Waals surface area contributed by atoms with E-state index in [1.54, 1.807) is 12.1 Å². The van der Waals surface area contributed by atoms with E-state index < -0.39 is 10.0 Å². The molecule has 1 aliphatic rings. The van der Waals surface area contributed by atoms with Crippen molar-refractivity contribution in [2.75, 3.05) is 25.5 Å². The average molecular weight is 298 g/mol. The molecule has 1 aromatic carbocycles. The Balaban J connectivity index is 2.04. The summed E-state index contributed by atoms with van der Waals surface area (Å²) in [5, 5.41) is 0. The Kier molecular flexibility index (Phi) is 5.01. The molecule has 0 bridgehead atoms. The highest BCUT2D eigenvalue weighted by molar-refractivity contribution is 7.89. The summed E-state index contributed by atoms with van der Waals surface area (Å²) >= 11 is 0. The second-order valence-electron chi connectivity index (χ2n) is 5.12. The van der Waals surface area contributed by atoms with Crippen molar-refractivity contribution >= 4 is 15.7 Å². The van der Waals surface area contributed by atoms with Crippen molar-refractivity contribution < 1.29 is 13.2 Å². The van der Waals surface area contributed by atoms with Crippen molar-refractivity contribution in [2.24, 2.45) is 5.92 Å². The molecular formula is C14H22N2O3S. The number of ether oxygens (including phenoxy) is 1. The highest BCUT2D eigenvalue weighted by Gasteiger charge is 2.19. The Morgan fingerprint density at radius 2 is 2.05 bits per heavy atom. The maximum absolute atomic E-state index is 12.2. The molecule has 0 aromatic heterocycles. The standard InChI is InChI=1S/C14H22N2O3S/c1-2-12-3-4-13(9-14(12)15)20(17,18)16-10-11-5-7-19-8-6-11/h3-4,9,11,16H,2,5-8,10,15H2,1H3. The fourth-order valence-corrected chi connectivity index (χ4v) is 3.47. The summed E-state index contributed by atoms with van der Waals surface area (Å²) in [5.41, 5.74) is 7.35. The van der Waals surface area contributed by atoms with E-state index in [1.165, 1.54) is 6.07 Å². The summed E-state index contributed by atoms with van der Waals surface area (Å²) in [4.78, 5) is 0.235. The summed E-state index contributed by atoms with van der Waals surface area (Å²) in [6, 6.07) is 4.92. The fraction of sp³-hybridized carbons (Fsp3) is 0.571. The second kappa shape index (κ2) is 6.56. The molecule has 2 rings (SSSR count). The van der Waals surface area contributed by atoms with Crippen LogP contribution in [0.1, 0.15) is 25.3 Å². The van der Waals surface area contributed by atoms with Gasteiger partial charge >= 0.3 is 0 Å². The number of anilines is 1. The molecule has 0 amide bonds. The largest absolute Gasteiger partial charge is 0.398 e. The third kappa shape index (κ3) is 3.71. The van der Waals surface area contributed by atoms with Gasteiger partial charge in [-0.1, -0.05) is 13.0 Å². The van der Waals surface area contributed by atoms with Gasteiger partial charge in [0.15, 0.2) is 0 Å². The molecule has 0 radical (unpaired) electrons. The van der Waals surface area contributed by atoms with Gasteiger partial charge in [0.2, 0.25) is 10.0 Å². The molecule has 3 N–H and O–H groups in total. The van der Waals surface area contributed by atoms with Crippen LogP contribution in [0.5, 0.6) is 0 Å². The van der Waals surface area contributed by atoms with Gasteiger partial charge < -0.3 is 10.5 Å². The number of nitrogens with one attached hydrogen (secondary N) is 1. The van der Waals surface area contributed by atoms with E-state index in [2.05, 4.69) is 4.72 Å². The van der Waals surface area contributed by atoms with Gasteiger partial charge in [-0.05, 0) is 42.9 Å². The van der Waals surface area contributed by atoms with Crippen LogP contribution in [0.4, 0.5) is 5.69 Å². The third-order valence-electron chi connectivity index (χ3n) is 3.71. The zero-order chi connectivity index (χ0) is 14.6. The van der Waals surface area contributed by atoms with Crippen LogP contribution >= 0.6 is 0 Å². The van der Waals surface area contributed by atoms with Gasteiger partial charge in [0, 0.05) is 25.4 Å². The predicted molar refractivity (Wildman–Crippen MR) is 79.0 cm³/mol. The van der Waals surface area contributed by atoms with Gasteiger partial charge in [0.25, 0.3) is 0 Å². The summed E-state index contributed by atoms with van der Waals surface area (Å²) in [7, 11) is -3.48. The fourth-order valence-electron chi connectivity index (χ4n) is 2.32. The first kappa shape index (κ1) is 15.3. The maximum Gasteiger partial charge on any atom is 0.240 e. The topological polar surface area (TPSA) is 81.4 Å². The van der Waals surface area contributed by atoms with E-state index >= 15 is 0 Å². The number of sulfonamides is 1. The van der Waals surface area contributed by atoms with E-state index in [-0.39, 0.29) is 4.90 Å². The summed E-state index contributed by atoms with van der Waals surface area (Å²) < 4.78 is 32.4. The van der Waals surface area contributed by atoms with Crippen LogP contribution in [-0.2, 0) is 21.2 Å². The first-order chi connectivity index (χ1) is 9.53. The van der Waals surface area contributed by atoms with Crippen molar-refractivity contribution in [3.63, 3.8) is 0 Å². The van der Waals surface area contributed by atoms with Crippen LogP contribution in [0.3, 0.4) is 0 Å². The zero-order valence-corrected chi connectivity index (χ0v) is 12.6. The smallest absolute Gasteiger partial charge is 0.240 e. The monoisotopic (exact) mass is 298 g/mol. The van der Waals surface area contributed by atoms with E-state index in [9.17, 15) is 8.42 Å². The van der Waals surface area contributed by atoms with Crippen LogP contribution in [-0.4, -0.2) is 28.2 Å². The maximum atomic E-state index is 12.2. The lowest BCUT2D eigenvalue weighted by Gasteiger charge is -2.22. The van der Waals surface area contributed by atoms with Gasteiger partial charge in [-0.3, -0.25) is 0 Å². The molecule has 1 aromatic rings. The Morgan fingerprint density at radius 1 is 1.35 bits per heavy atom. The van der Waals surface area contributed by atoms with Crippen LogP contribution < -0.4 is 10.5 Å². The van der Waals surface area contributed by atoms with Crippen LogP contribution in [0, 0.1) is 5.92 Å². The molecular weight excluding hydrogens is 276 g/mol. The zero-order valence-electron chi connectivity index (χ0n) is 11.8. The Morgan fingerprint density at radius 3 is 2.65 bits per heavy atom. The summed E-state index contributed by atoms with van der Waals surface area (Å²) in [6.07, 6.45) is 2.60. The molecule has 112 valence electrons. The molecule has 1 heterocycles. The normalized spacial score (nSPS) is 17.2. The first-order valence-corrected chi connectivity index (χ1v) is 8.47. The van der Waals surface area contributed by atoms with E-state index in [4.69, 9.17) is 10.5 Å². The Hall–Kier alpha value is -1.11. The van der Waals surface area contributed by atoms with Crippen molar-refractivity contribution in [1.82, 2.24) is 4.72 Å². The van der Waals surface area contributed by atoms with E-state index in [0.29, 0.717) is 31.4 Å². The minimum atomic E-state index is -3.48. The van der Waals surface area contributed by atoms with Gasteiger partial charge in [-0.25, -0.2) is 13.1 Å². The average Bonchev–Trinajstić information content (AvgIpc) is 2.46. The van der Waals surface area contributed by atoms with Crippen molar-refractivity contribution in [2.45, 2.75) is 31.1 Å². The van der Waals surface area contributed by atoms with Crippen molar-refractivity contribution in [3.8, 4) is 0 Å². The van der Waals surface area contributed by atoms with E-state index in [0.717, 1.165) is 24.8 Å².